The molecule has 2 fully saturated rings. The Labute approximate surface area is 198 Å². The number of morpholine rings is 1. The van der Waals surface area contributed by atoms with E-state index in [4.69, 9.17) is 4.74 Å². The number of aldehydes is 1. The van der Waals surface area contributed by atoms with Crippen LogP contribution in [0, 0.1) is 0 Å². The van der Waals surface area contributed by atoms with Gasteiger partial charge in [-0.3, -0.25) is 9.59 Å². The maximum absolute atomic E-state index is 13.4. The number of ether oxygens (including phenoxy) is 1. The van der Waals surface area contributed by atoms with Crippen LogP contribution in [0.1, 0.15) is 26.3 Å². The number of rotatable bonds is 4. The zero-order valence-electron chi connectivity index (χ0n) is 17.8. The summed E-state index contributed by atoms with van der Waals surface area (Å²) in [6.45, 7) is 3.93. The molecule has 2 saturated heterocycles. The highest BCUT2D eigenvalue weighted by Crippen LogP contribution is 2.36. The Kier molecular flexibility index (Phi) is 6.94. The van der Waals surface area contributed by atoms with Crippen LogP contribution in [-0.2, 0) is 10.9 Å². The normalized spacial score (nSPS) is 17.3. The average Bonchev–Trinajstić information content (AvgIpc) is 2.83. The van der Waals surface area contributed by atoms with E-state index in [-0.39, 0.29) is 5.91 Å². The van der Waals surface area contributed by atoms with Crippen molar-refractivity contribution >= 4 is 39.5 Å². The topological polar surface area (TPSA) is 53.1 Å². The number of amides is 1. The molecule has 33 heavy (non-hydrogen) atoms. The highest BCUT2D eigenvalue weighted by Gasteiger charge is 2.32. The number of hydrogen-bond acceptors (Lipinski definition) is 5. The molecule has 2 aromatic carbocycles. The Bertz CT molecular complexity index is 1030. The monoisotopic (exact) mass is 525 g/mol. The van der Waals surface area contributed by atoms with E-state index in [1.165, 1.54) is 6.07 Å². The lowest BCUT2D eigenvalue weighted by Gasteiger charge is -2.38. The first-order chi connectivity index (χ1) is 15.8. The molecule has 6 nitrogen and oxygen atoms in total. The maximum Gasteiger partial charge on any atom is 0.416 e. The fourth-order valence-electron chi connectivity index (χ4n) is 4.13. The predicted octanol–water partition coefficient (Wildman–Crippen LogP) is 4.08. The molecule has 0 atom stereocenters. The van der Waals surface area contributed by atoms with E-state index in [0.717, 1.165) is 17.8 Å². The van der Waals surface area contributed by atoms with Crippen LogP contribution >= 0.6 is 15.9 Å². The van der Waals surface area contributed by atoms with Crippen molar-refractivity contribution in [1.82, 2.24) is 4.90 Å². The van der Waals surface area contributed by atoms with Gasteiger partial charge in [-0.05, 0) is 52.3 Å². The summed E-state index contributed by atoms with van der Waals surface area (Å²) in [6, 6.07) is 8.66. The molecular weight excluding hydrogens is 503 g/mol. The molecule has 0 N–H and O–H groups in total. The van der Waals surface area contributed by atoms with Gasteiger partial charge in [0, 0.05) is 55.0 Å². The van der Waals surface area contributed by atoms with Gasteiger partial charge in [-0.15, -0.1) is 0 Å². The first-order valence-corrected chi connectivity index (χ1v) is 11.4. The lowest BCUT2D eigenvalue weighted by molar-refractivity contribution is -0.137. The Balaban J connectivity index is 1.52. The fourth-order valence-corrected chi connectivity index (χ4v) is 4.63. The second-order valence-corrected chi connectivity index (χ2v) is 8.79. The number of anilines is 2. The SMILES string of the molecule is O=Cc1ccc(N2CCOCC2)c(C(=O)N2CCN(c3cc(C(F)(F)F)ccc3Br)CC2)c1. The van der Waals surface area contributed by atoms with Gasteiger partial charge in [0.25, 0.3) is 5.91 Å². The van der Waals surface area contributed by atoms with Crippen molar-refractivity contribution in [2.75, 3.05) is 62.3 Å². The van der Waals surface area contributed by atoms with Gasteiger partial charge in [0.05, 0.1) is 30.0 Å². The minimum absolute atomic E-state index is 0.192. The van der Waals surface area contributed by atoms with Crippen LogP contribution in [0.3, 0.4) is 0 Å². The van der Waals surface area contributed by atoms with Crippen molar-refractivity contribution in [3.63, 3.8) is 0 Å². The maximum atomic E-state index is 13.4. The molecule has 1 amide bonds. The molecule has 0 aliphatic carbocycles. The molecule has 4 rings (SSSR count). The third-order valence-corrected chi connectivity index (χ3v) is 6.59. The van der Waals surface area contributed by atoms with Gasteiger partial charge in [-0.2, -0.15) is 13.2 Å². The summed E-state index contributed by atoms with van der Waals surface area (Å²) in [5.41, 5.74) is 1.38. The molecule has 176 valence electrons. The zero-order valence-corrected chi connectivity index (χ0v) is 19.4. The van der Waals surface area contributed by atoms with Gasteiger partial charge in [-0.25, -0.2) is 0 Å². The van der Waals surface area contributed by atoms with E-state index in [9.17, 15) is 22.8 Å². The number of hydrogen-bond donors (Lipinski definition) is 0. The first-order valence-electron chi connectivity index (χ1n) is 10.6. The molecular formula is C23H23BrF3N3O3. The average molecular weight is 526 g/mol. The molecule has 0 spiro atoms. The quantitative estimate of drug-likeness (QED) is 0.563. The molecule has 2 aliphatic heterocycles. The van der Waals surface area contributed by atoms with Crippen molar-refractivity contribution in [3.8, 4) is 0 Å². The molecule has 2 aromatic rings. The number of alkyl halides is 3. The molecule has 2 aliphatic rings. The van der Waals surface area contributed by atoms with Crippen molar-refractivity contribution in [2.45, 2.75) is 6.18 Å². The summed E-state index contributed by atoms with van der Waals surface area (Å²) in [4.78, 5) is 30.3. The molecule has 0 radical (unpaired) electrons. The second-order valence-electron chi connectivity index (χ2n) is 7.94. The second kappa shape index (κ2) is 9.72. The lowest BCUT2D eigenvalue weighted by atomic mass is 10.1. The van der Waals surface area contributed by atoms with E-state index in [1.54, 1.807) is 23.1 Å². The number of piperazine rings is 1. The van der Waals surface area contributed by atoms with E-state index in [2.05, 4.69) is 20.8 Å². The van der Waals surface area contributed by atoms with Crippen molar-refractivity contribution in [2.24, 2.45) is 0 Å². The summed E-state index contributed by atoms with van der Waals surface area (Å²) >= 11 is 3.34. The summed E-state index contributed by atoms with van der Waals surface area (Å²) in [5.74, 6) is -0.192. The van der Waals surface area contributed by atoms with Crippen molar-refractivity contribution < 1.29 is 27.5 Å². The number of nitrogens with zero attached hydrogens (tertiary/aromatic N) is 3. The minimum Gasteiger partial charge on any atom is -0.378 e. The van der Waals surface area contributed by atoms with E-state index in [1.807, 2.05) is 4.90 Å². The zero-order chi connectivity index (χ0) is 23.6. The summed E-state index contributed by atoms with van der Waals surface area (Å²) in [5, 5.41) is 0. The fraction of sp³-hybridized carbons (Fsp3) is 0.391. The van der Waals surface area contributed by atoms with Crippen LogP contribution in [0.4, 0.5) is 24.5 Å². The Morgan fingerprint density at radius 2 is 1.58 bits per heavy atom. The largest absolute Gasteiger partial charge is 0.416 e. The lowest BCUT2D eigenvalue weighted by Crippen LogP contribution is -2.49. The van der Waals surface area contributed by atoms with Gasteiger partial charge in [0.15, 0.2) is 0 Å². The van der Waals surface area contributed by atoms with E-state index < -0.39 is 11.7 Å². The Morgan fingerprint density at radius 3 is 2.21 bits per heavy atom. The van der Waals surface area contributed by atoms with Crippen molar-refractivity contribution in [1.29, 1.82) is 0 Å². The highest BCUT2D eigenvalue weighted by atomic mass is 79.9. The number of halogens is 4. The third-order valence-electron chi connectivity index (χ3n) is 5.92. The third kappa shape index (κ3) is 5.16. The summed E-state index contributed by atoms with van der Waals surface area (Å²) in [7, 11) is 0. The number of benzene rings is 2. The van der Waals surface area contributed by atoms with Gasteiger partial charge >= 0.3 is 6.18 Å². The van der Waals surface area contributed by atoms with Gasteiger partial charge in [0.1, 0.15) is 6.29 Å². The first kappa shape index (κ1) is 23.6. The smallest absolute Gasteiger partial charge is 0.378 e. The number of carbonyl (C=O) groups excluding carboxylic acids is 2. The molecule has 0 saturated carbocycles. The van der Waals surface area contributed by atoms with E-state index >= 15 is 0 Å². The van der Waals surface area contributed by atoms with Crippen LogP contribution < -0.4 is 9.80 Å². The predicted molar refractivity (Wildman–Crippen MR) is 122 cm³/mol. The Hall–Kier alpha value is -2.59. The Morgan fingerprint density at radius 1 is 0.909 bits per heavy atom. The van der Waals surface area contributed by atoms with Gasteiger partial charge in [-0.1, -0.05) is 0 Å². The molecule has 0 unspecified atom stereocenters. The summed E-state index contributed by atoms with van der Waals surface area (Å²) < 4.78 is 45.4. The minimum atomic E-state index is -4.42. The van der Waals surface area contributed by atoms with Gasteiger partial charge < -0.3 is 19.4 Å². The van der Waals surface area contributed by atoms with Crippen LogP contribution in [0.2, 0.25) is 0 Å². The molecule has 0 aromatic heterocycles. The van der Waals surface area contributed by atoms with Crippen LogP contribution in [0.25, 0.3) is 0 Å². The van der Waals surface area contributed by atoms with Crippen molar-refractivity contribution in [3.05, 3.63) is 57.6 Å². The molecule has 0 bridgehead atoms. The summed E-state index contributed by atoms with van der Waals surface area (Å²) in [6.07, 6.45) is -3.71. The van der Waals surface area contributed by atoms with Gasteiger partial charge in [0.2, 0.25) is 0 Å². The molecule has 10 heteroatoms. The van der Waals surface area contributed by atoms with E-state index in [0.29, 0.717) is 80.1 Å². The van der Waals surface area contributed by atoms with Crippen LogP contribution in [0.5, 0.6) is 0 Å². The van der Waals surface area contributed by atoms with Crippen LogP contribution in [-0.4, -0.2) is 69.6 Å². The molecule has 2 heterocycles. The standard InChI is InChI=1S/C23H23BrF3N3O3/c24-19-3-2-17(23(25,26)27)14-21(19)28-5-7-30(8-6-28)22(32)18-13-16(15-31)1-4-20(18)29-9-11-33-12-10-29/h1-4,13-15H,5-12H2. The van der Waals surface area contributed by atoms with Crippen LogP contribution in [0.15, 0.2) is 40.9 Å². The highest BCUT2D eigenvalue weighted by molar-refractivity contribution is 9.10. The number of carbonyl (C=O) groups is 2.